The van der Waals surface area contributed by atoms with Crippen LogP contribution in [0.5, 0.6) is 5.75 Å². The van der Waals surface area contributed by atoms with Gasteiger partial charge in [0.15, 0.2) is 0 Å². The quantitative estimate of drug-likeness (QED) is 0.105. The molecule has 368 valence electrons. The van der Waals surface area contributed by atoms with Crippen molar-refractivity contribution in [1.82, 2.24) is 47.1 Å². The summed E-state index contributed by atoms with van der Waals surface area (Å²) in [5.74, 6) is -11.4. The maximum atomic E-state index is 14.8. The average Bonchev–Trinajstić information content (AvgIpc) is 3.87. The molecule has 3 aliphatic rings. The van der Waals surface area contributed by atoms with Gasteiger partial charge in [-0.15, -0.1) is 0 Å². The summed E-state index contributed by atoms with van der Waals surface area (Å²) in [6.45, 7) is 2.09. The van der Waals surface area contributed by atoms with Crippen LogP contribution in [0.2, 0.25) is 0 Å². The molecule has 0 spiro atoms. The predicted molar refractivity (Wildman–Crippen MR) is 235 cm³/mol. The highest BCUT2D eigenvalue weighted by Crippen LogP contribution is 2.30. The number of aromatic nitrogens is 1. The van der Waals surface area contributed by atoms with Crippen molar-refractivity contribution in [3.63, 3.8) is 0 Å². The molecule has 0 saturated carbocycles. The molecular formula is C41H59N11O14S. The maximum Gasteiger partial charge on any atom is 0.246 e. The minimum absolute atomic E-state index is 0.119. The number of hydrogen-bond donors (Lipinski definition) is 13. The van der Waals surface area contributed by atoms with E-state index in [2.05, 4.69) is 42.2 Å². The van der Waals surface area contributed by atoms with Gasteiger partial charge in [-0.05, 0) is 23.6 Å². The number of aliphatic hydroxyl groups is 3. The van der Waals surface area contributed by atoms with Gasteiger partial charge in [0.25, 0.3) is 0 Å². The van der Waals surface area contributed by atoms with E-state index in [1.54, 1.807) is 26.0 Å². The lowest BCUT2D eigenvalue weighted by Gasteiger charge is -2.32. The SMILES string of the molecule is CC[C@H](C)[C@@H]1NC(=O)CNC(=O)C2Cc3c([nH]c4cc(OCCN)ccc34)[S@](=O)CC(NC(=O)CNC1=O)C(=O)N[C@@H](CC(N)=O)C(=O)N1CC(O)C[C@H]1C(=O)N[C@@H]([C@@H](C)[C@@H](O)CO)C(=O)N2. The van der Waals surface area contributed by atoms with Crippen molar-refractivity contribution in [3.05, 3.63) is 23.8 Å². The van der Waals surface area contributed by atoms with Crippen LogP contribution in [-0.4, -0.2) is 176 Å². The smallest absolute Gasteiger partial charge is 0.246 e. The molecule has 1 fully saturated rings. The number of hydrogen-bond acceptors (Lipinski definition) is 15. The Bertz CT molecular complexity index is 2260. The second kappa shape index (κ2) is 23.0. The van der Waals surface area contributed by atoms with Gasteiger partial charge >= 0.3 is 0 Å². The van der Waals surface area contributed by atoms with Crippen LogP contribution in [0.4, 0.5) is 0 Å². The van der Waals surface area contributed by atoms with Gasteiger partial charge in [0.2, 0.25) is 53.2 Å². The van der Waals surface area contributed by atoms with E-state index in [4.69, 9.17) is 16.2 Å². The zero-order valence-electron chi connectivity index (χ0n) is 37.1. The second-order valence-electron chi connectivity index (χ2n) is 16.8. The number of carbonyl (C=O) groups is 9. The van der Waals surface area contributed by atoms with Crippen molar-refractivity contribution < 1.29 is 67.4 Å². The third-order valence-corrected chi connectivity index (χ3v) is 13.3. The number of aromatic amines is 1. The van der Waals surface area contributed by atoms with E-state index in [9.17, 15) is 62.7 Å². The monoisotopic (exact) mass is 961 g/mol. The summed E-state index contributed by atoms with van der Waals surface area (Å²) < 4.78 is 20.4. The van der Waals surface area contributed by atoms with Crippen LogP contribution in [0.15, 0.2) is 23.2 Å². The lowest BCUT2D eigenvalue weighted by molar-refractivity contribution is -0.144. The number of fused-ring (bicyclic) bond motifs is 5. The predicted octanol–water partition coefficient (Wildman–Crippen LogP) is -6.29. The number of nitrogens with zero attached hydrogens (tertiary/aromatic N) is 1. The number of carbonyl (C=O) groups excluding carboxylic acids is 9. The minimum atomic E-state index is -2.37. The third-order valence-electron chi connectivity index (χ3n) is 11.9. The van der Waals surface area contributed by atoms with Crippen molar-refractivity contribution >= 4 is 74.9 Å². The van der Waals surface area contributed by atoms with Crippen LogP contribution in [0, 0.1) is 11.8 Å². The summed E-state index contributed by atoms with van der Waals surface area (Å²) in [6, 6.07) is -5.26. The van der Waals surface area contributed by atoms with Crippen molar-refractivity contribution in [2.45, 2.75) is 99.9 Å². The minimum Gasteiger partial charge on any atom is -0.492 e. The number of amides is 9. The molecule has 5 rings (SSSR count). The van der Waals surface area contributed by atoms with E-state index in [-0.39, 0.29) is 29.3 Å². The fourth-order valence-corrected chi connectivity index (χ4v) is 9.36. The first kappa shape index (κ1) is 51.8. The van der Waals surface area contributed by atoms with Crippen molar-refractivity contribution in [1.29, 1.82) is 0 Å². The maximum absolute atomic E-state index is 14.8. The van der Waals surface area contributed by atoms with Crippen molar-refractivity contribution in [2.75, 3.05) is 45.1 Å². The number of aliphatic hydroxyl groups excluding tert-OH is 3. The molecule has 1 aromatic heterocycles. The normalized spacial score (nSPS) is 27.7. The Morgan fingerprint density at radius 2 is 1.58 bits per heavy atom. The number of benzene rings is 1. The summed E-state index contributed by atoms with van der Waals surface area (Å²) in [7, 11) is -2.37. The van der Waals surface area contributed by atoms with Gasteiger partial charge in [0, 0.05) is 43.3 Å². The lowest BCUT2D eigenvalue weighted by Crippen LogP contribution is -2.62. The first-order chi connectivity index (χ1) is 31.8. The highest BCUT2D eigenvalue weighted by molar-refractivity contribution is 7.85. The Balaban J connectivity index is 1.75. The van der Waals surface area contributed by atoms with E-state index in [0.29, 0.717) is 17.6 Å². The third kappa shape index (κ3) is 12.8. The van der Waals surface area contributed by atoms with Gasteiger partial charge < -0.3 is 78.6 Å². The first-order valence-electron chi connectivity index (χ1n) is 21.7. The molecule has 4 heterocycles. The molecule has 1 saturated heterocycles. The molecule has 9 amide bonds. The molecule has 3 aliphatic heterocycles. The van der Waals surface area contributed by atoms with Crippen LogP contribution in [0.25, 0.3) is 10.9 Å². The Kier molecular flexibility index (Phi) is 17.8. The largest absolute Gasteiger partial charge is 0.492 e. The van der Waals surface area contributed by atoms with Gasteiger partial charge in [-0.2, -0.15) is 0 Å². The van der Waals surface area contributed by atoms with E-state index < -0.39 is 176 Å². The molecule has 15 N–H and O–H groups in total. The zero-order valence-corrected chi connectivity index (χ0v) is 37.9. The molecule has 11 atom stereocenters. The number of H-pyrrole nitrogens is 1. The molecule has 0 aliphatic carbocycles. The number of ether oxygens (including phenoxy) is 1. The number of rotatable bonds is 10. The molecule has 26 heteroatoms. The first-order valence-corrected chi connectivity index (χ1v) is 23.0. The molecule has 2 aromatic rings. The standard InChI is InChI=1S/C41H59N11O14S/c1-4-18(2)33-38(62)45-13-31(57)46-27-17-67(65)40-23(22-6-5-21(66-8-7-42)10-24(22)49-40)11-25(35(59)44-14-32(58)50-33)47-39(63)34(19(3)29(55)16-53)51-37(61)28-9-20(54)15-52(28)41(64)26(12-30(43)56)48-36(27)60/h5-6,10,18-20,25-29,33-34,49,53-55H,4,7-9,11-17,42H2,1-3H3,(H2,43,56)(H,44,59)(H,45,62)(H,46,57)(H,47,63)(H,48,60)(H,50,58)(H,51,61)/t18-,19-,20?,25?,26-,27?,28-,29-,33-,34-,67+/m0/s1. The van der Waals surface area contributed by atoms with Gasteiger partial charge in [-0.1, -0.05) is 27.2 Å². The number of nitrogens with one attached hydrogen (secondary N) is 8. The molecular weight excluding hydrogens is 903 g/mol. The fourth-order valence-electron chi connectivity index (χ4n) is 7.96. The van der Waals surface area contributed by atoms with E-state index in [0.717, 1.165) is 4.90 Å². The van der Waals surface area contributed by atoms with Crippen molar-refractivity contribution in [2.24, 2.45) is 23.3 Å². The highest BCUT2D eigenvalue weighted by atomic mass is 32.2. The van der Waals surface area contributed by atoms with E-state index in [1.165, 1.54) is 13.0 Å². The number of primary amides is 1. The van der Waals surface area contributed by atoms with Crippen LogP contribution >= 0.6 is 0 Å². The van der Waals surface area contributed by atoms with Crippen LogP contribution in [0.3, 0.4) is 0 Å². The van der Waals surface area contributed by atoms with Crippen LogP contribution in [-0.2, 0) is 60.4 Å². The Labute approximate surface area is 386 Å². The van der Waals surface area contributed by atoms with E-state index >= 15 is 0 Å². The van der Waals surface area contributed by atoms with Crippen LogP contribution in [0.1, 0.15) is 45.6 Å². The second-order valence-corrected chi connectivity index (χ2v) is 18.2. The van der Waals surface area contributed by atoms with Gasteiger partial charge in [0.1, 0.15) is 53.6 Å². The number of nitrogens with two attached hydrogens (primary N) is 2. The van der Waals surface area contributed by atoms with E-state index in [1.807, 2.05) is 0 Å². The van der Waals surface area contributed by atoms with Crippen molar-refractivity contribution in [3.8, 4) is 5.75 Å². The fraction of sp³-hybridized carbons (Fsp3) is 0.585. The summed E-state index contributed by atoms with van der Waals surface area (Å²) in [6.07, 6.45) is -4.38. The Morgan fingerprint density at radius 3 is 2.24 bits per heavy atom. The molecule has 3 unspecified atom stereocenters. The summed E-state index contributed by atoms with van der Waals surface area (Å²) in [4.78, 5) is 128. The summed E-state index contributed by atoms with van der Waals surface area (Å²) in [5.41, 5.74) is 11.6. The van der Waals surface area contributed by atoms with Gasteiger partial charge in [-0.3, -0.25) is 47.4 Å². The van der Waals surface area contributed by atoms with Crippen LogP contribution < -0.4 is 53.4 Å². The molecule has 1 aromatic carbocycles. The van der Waals surface area contributed by atoms with Gasteiger partial charge in [-0.25, -0.2) is 0 Å². The molecule has 2 bridgehead atoms. The molecule has 67 heavy (non-hydrogen) atoms. The Morgan fingerprint density at radius 1 is 0.896 bits per heavy atom. The molecule has 25 nitrogen and oxygen atoms in total. The zero-order chi connectivity index (χ0) is 49.3. The van der Waals surface area contributed by atoms with Gasteiger partial charge in [0.05, 0.1) is 60.4 Å². The average molecular weight is 962 g/mol. The summed E-state index contributed by atoms with van der Waals surface area (Å²) >= 11 is 0. The Hall–Kier alpha value is -6.22. The lowest BCUT2D eigenvalue weighted by atomic mass is 9.93. The topological polar surface area (TPSA) is 396 Å². The highest BCUT2D eigenvalue weighted by Gasteiger charge is 2.45. The summed E-state index contributed by atoms with van der Waals surface area (Å²) in [5, 5.41) is 48.9. The molecule has 0 radical (unpaired) electrons.